The van der Waals surface area contributed by atoms with E-state index in [1.807, 2.05) is 26.0 Å². The first kappa shape index (κ1) is 21.0. The third-order valence-corrected chi connectivity index (χ3v) is 5.80. The average molecular weight is 414 g/mol. The van der Waals surface area contributed by atoms with Crippen LogP contribution in [0.3, 0.4) is 0 Å². The third-order valence-electron chi connectivity index (χ3n) is 4.87. The lowest BCUT2D eigenvalue weighted by atomic mass is 10.2. The largest absolute Gasteiger partial charge is 0.341 e. The first-order valence-corrected chi connectivity index (χ1v) is 10.5. The molecule has 1 atom stereocenters. The summed E-state index contributed by atoms with van der Waals surface area (Å²) in [5.74, 6) is -0.291. The Balaban J connectivity index is 1.80. The highest BCUT2D eigenvalue weighted by molar-refractivity contribution is 7.99. The van der Waals surface area contributed by atoms with Gasteiger partial charge in [-0.15, -0.1) is 0 Å². The summed E-state index contributed by atoms with van der Waals surface area (Å²) in [7, 11) is 1.68. The first-order valence-electron chi connectivity index (χ1n) is 9.53. The Labute approximate surface area is 173 Å². The van der Waals surface area contributed by atoms with Crippen molar-refractivity contribution >= 4 is 28.6 Å². The van der Waals surface area contributed by atoms with Gasteiger partial charge in [-0.2, -0.15) is 0 Å². The molecule has 1 aromatic heterocycles. The van der Waals surface area contributed by atoms with Crippen molar-refractivity contribution in [3.8, 4) is 0 Å². The summed E-state index contributed by atoms with van der Waals surface area (Å²) in [6.45, 7) is 4.30. The van der Waals surface area contributed by atoms with Gasteiger partial charge in [-0.1, -0.05) is 43.0 Å². The van der Waals surface area contributed by atoms with E-state index in [9.17, 15) is 14.0 Å². The van der Waals surface area contributed by atoms with Crippen molar-refractivity contribution in [3.63, 3.8) is 0 Å². The van der Waals surface area contributed by atoms with Gasteiger partial charge in [0.2, 0.25) is 5.91 Å². The summed E-state index contributed by atoms with van der Waals surface area (Å²) in [4.78, 5) is 31.8. The molecular formula is C22H24FN3O2S. The fraction of sp³-hybridized carbons (Fsp3) is 0.318. The van der Waals surface area contributed by atoms with E-state index >= 15 is 0 Å². The molecule has 3 aromatic rings. The van der Waals surface area contributed by atoms with Crippen LogP contribution >= 0.6 is 11.8 Å². The van der Waals surface area contributed by atoms with Crippen LogP contribution in [0.2, 0.25) is 0 Å². The van der Waals surface area contributed by atoms with Gasteiger partial charge in [0.25, 0.3) is 5.56 Å². The highest BCUT2D eigenvalue weighted by Gasteiger charge is 2.18. The zero-order valence-electron chi connectivity index (χ0n) is 16.8. The van der Waals surface area contributed by atoms with Gasteiger partial charge in [-0.25, -0.2) is 9.37 Å². The van der Waals surface area contributed by atoms with E-state index in [1.54, 1.807) is 40.8 Å². The summed E-state index contributed by atoms with van der Waals surface area (Å²) >= 11 is 1.26. The maximum absolute atomic E-state index is 13.4. The molecule has 0 saturated carbocycles. The third kappa shape index (κ3) is 4.85. The Morgan fingerprint density at radius 1 is 1.24 bits per heavy atom. The Morgan fingerprint density at radius 3 is 2.72 bits per heavy atom. The maximum atomic E-state index is 13.4. The average Bonchev–Trinajstić information content (AvgIpc) is 2.71. The summed E-state index contributed by atoms with van der Waals surface area (Å²) in [6, 6.07) is 13.4. The fourth-order valence-electron chi connectivity index (χ4n) is 3.03. The number of halogens is 1. The molecule has 29 heavy (non-hydrogen) atoms. The minimum atomic E-state index is -0.323. The van der Waals surface area contributed by atoms with E-state index in [4.69, 9.17) is 0 Å². The number of aromatic nitrogens is 2. The van der Waals surface area contributed by atoms with Crippen LogP contribution in [-0.4, -0.2) is 33.2 Å². The van der Waals surface area contributed by atoms with Crippen LogP contribution in [0.4, 0.5) is 4.39 Å². The highest BCUT2D eigenvalue weighted by atomic mass is 32.2. The van der Waals surface area contributed by atoms with Crippen LogP contribution in [0.15, 0.2) is 58.5 Å². The normalized spacial score (nSPS) is 12.1. The smallest absolute Gasteiger partial charge is 0.262 e. The van der Waals surface area contributed by atoms with Crippen molar-refractivity contribution in [3.05, 3.63) is 70.3 Å². The molecule has 0 saturated heterocycles. The molecule has 0 radical (unpaired) electrons. The maximum Gasteiger partial charge on any atom is 0.262 e. The number of para-hydroxylation sites is 1. The second kappa shape index (κ2) is 9.22. The zero-order valence-corrected chi connectivity index (χ0v) is 17.6. The summed E-state index contributed by atoms with van der Waals surface area (Å²) < 4.78 is 15.0. The van der Waals surface area contributed by atoms with Gasteiger partial charge in [-0.3, -0.25) is 14.2 Å². The fourth-order valence-corrected chi connectivity index (χ4v) is 4.07. The van der Waals surface area contributed by atoms with E-state index in [-0.39, 0.29) is 29.1 Å². The molecule has 152 valence electrons. The van der Waals surface area contributed by atoms with Crippen molar-refractivity contribution < 1.29 is 9.18 Å². The molecule has 0 aliphatic heterocycles. The monoisotopic (exact) mass is 413 g/mol. The number of carbonyl (C=O) groups is 1. The molecule has 0 bridgehead atoms. The zero-order chi connectivity index (χ0) is 21.0. The van der Waals surface area contributed by atoms with E-state index in [2.05, 4.69) is 4.98 Å². The number of benzene rings is 2. The predicted octanol–water partition coefficient (Wildman–Crippen LogP) is 4.26. The molecule has 0 unspecified atom stereocenters. The van der Waals surface area contributed by atoms with Gasteiger partial charge in [0.05, 0.1) is 16.7 Å². The minimum absolute atomic E-state index is 0.0257. The number of nitrogens with zero attached hydrogens (tertiary/aromatic N) is 3. The molecule has 0 fully saturated rings. The highest BCUT2D eigenvalue weighted by Crippen LogP contribution is 2.22. The Bertz CT molecular complexity index is 1080. The number of amides is 1. The number of fused-ring (bicyclic) bond motifs is 1. The molecule has 2 aromatic carbocycles. The van der Waals surface area contributed by atoms with Gasteiger partial charge in [0, 0.05) is 19.6 Å². The van der Waals surface area contributed by atoms with Gasteiger partial charge >= 0.3 is 0 Å². The second-order valence-corrected chi connectivity index (χ2v) is 7.95. The number of hydrogen-bond acceptors (Lipinski definition) is 4. The lowest BCUT2D eigenvalue weighted by Crippen LogP contribution is -2.29. The summed E-state index contributed by atoms with van der Waals surface area (Å²) in [5.41, 5.74) is 1.26. The molecule has 0 aliphatic rings. The van der Waals surface area contributed by atoms with Crippen molar-refractivity contribution in [2.75, 3.05) is 12.8 Å². The molecule has 5 nitrogen and oxygen atoms in total. The SMILES string of the molecule is CC[C@H](C)n1c(SCC(=O)N(C)Cc2cccc(F)c2)nc2ccccc2c1=O. The Kier molecular flexibility index (Phi) is 6.69. The van der Waals surface area contributed by atoms with Gasteiger partial charge in [0.1, 0.15) is 5.82 Å². The molecular weight excluding hydrogens is 389 g/mol. The van der Waals surface area contributed by atoms with E-state index in [0.717, 1.165) is 12.0 Å². The number of hydrogen-bond donors (Lipinski definition) is 0. The van der Waals surface area contributed by atoms with Crippen LogP contribution in [0.25, 0.3) is 10.9 Å². The van der Waals surface area contributed by atoms with Crippen LogP contribution in [-0.2, 0) is 11.3 Å². The molecule has 0 N–H and O–H groups in total. The van der Waals surface area contributed by atoms with Crippen molar-refractivity contribution in [1.29, 1.82) is 0 Å². The van der Waals surface area contributed by atoms with Crippen molar-refractivity contribution in [2.24, 2.45) is 0 Å². The Hall–Kier alpha value is -2.67. The van der Waals surface area contributed by atoms with Gasteiger partial charge < -0.3 is 4.90 Å². The van der Waals surface area contributed by atoms with Crippen molar-refractivity contribution in [2.45, 2.75) is 38.0 Å². The lowest BCUT2D eigenvalue weighted by molar-refractivity contribution is -0.127. The van der Waals surface area contributed by atoms with E-state index in [1.165, 1.54) is 23.9 Å². The number of rotatable bonds is 7. The van der Waals surface area contributed by atoms with Gasteiger partial charge in [-0.05, 0) is 43.2 Å². The van der Waals surface area contributed by atoms with Crippen molar-refractivity contribution in [1.82, 2.24) is 14.5 Å². The lowest BCUT2D eigenvalue weighted by Gasteiger charge is -2.20. The molecule has 1 heterocycles. The molecule has 7 heteroatoms. The van der Waals surface area contributed by atoms with Crippen LogP contribution in [0.5, 0.6) is 0 Å². The predicted molar refractivity (Wildman–Crippen MR) is 115 cm³/mol. The molecule has 3 rings (SSSR count). The van der Waals surface area contributed by atoms with Crippen LogP contribution in [0.1, 0.15) is 31.9 Å². The number of carbonyl (C=O) groups excluding carboxylic acids is 1. The summed E-state index contributed by atoms with van der Waals surface area (Å²) in [6.07, 6.45) is 0.779. The summed E-state index contributed by atoms with van der Waals surface area (Å²) in [5, 5.41) is 1.11. The molecule has 0 spiro atoms. The quantitative estimate of drug-likeness (QED) is 0.429. The standard InChI is InChI=1S/C22H24FN3O2S/c1-4-15(2)26-21(28)18-10-5-6-11-19(18)24-22(26)29-14-20(27)25(3)13-16-8-7-9-17(23)12-16/h5-12,15H,4,13-14H2,1-3H3/t15-/m0/s1. The van der Waals surface area contributed by atoms with E-state index in [0.29, 0.717) is 22.6 Å². The molecule has 0 aliphatic carbocycles. The first-order chi connectivity index (χ1) is 13.9. The number of thioether (sulfide) groups is 1. The molecule has 1 amide bonds. The second-order valence-electron chi connectivity index (χ2n) is 7.01. The topological polar surface area (TPSA) is 55.2 Å². The minimum Gasteiger partial charge on any atom is -0.341 e. The van der Waals surface area contributed by atoms with Crippen LogP contribution in [0, 0.1) is 5.82 Å². The van der Waals surface area contributed by atoms with E-state index < -0.39 is 0 Å². The van der Waals surface area contributed by atoms with Gasteiger partial charge in [0.15, 0.2) is 5.16 Å². The van der Waals surface area contributed by atoms with Crippen LogP contribution < -0.4 is 5.56 Å². The Morgan fingerprint density at radius 2 is 2.00 bits per heavy atom.